The van der Waals surface area contributed by atoms with Gasteiger partial charge in [-0.2, -0.15) is 0 Å². The van der Waals surface area contributed by atoms with E-state index in [1.54, 1.807) is 12.0 Å². The fourth-order valence-electron chi connectivity index (χ4n) is 5.93. The molecule has 1 aromatic carbocycles. The number of Topliss-reactive ketones (excluding diaryl/α,β-unsaturated/α-hetero) is 1. The molecule has 4 aliphatic rings. The number of ketones is 1. The average molecular weight is 594 g/mol. The van der Waals surface area contributed by atoms with E-state index in [4.69, 9.17) is 4.74 Å². The van der Waals surface area contributed by atoms with Crippen molar-refractivity contribution >= 4 is 40.7 Å². The van der Waals surface area contributed by atoms with Gasteiger partial charge < -0.3 is 25.6 Å². The second kappa shape index (κ2) is 11.5. The number of thiazole rings is 1. The zero-order valence-electron chi connectivity index (χ0n) is 23.5. The Kier molecular flexibility index (Phi) is 7.73. The van der Waals surface area contributed by atoms with E-state index in [0.717, 1.165) is 43.4 Å². The first-order chi connectivity index (χ1) is 20.2. The van der Waals surface area contributed by atoms with E-state index in [1.807, 2.05) is 29.6 Å². The van der Waals surface area contributed by atoms with Crippen LogP contribution in [0.2, 0.25) is 0 Å². The fourth-order valence-corrected chi connectivity index (χ4v) is 6.71. The molecule has 42 heavy (non-hydrogen) atoms. The number of nitrogens with zero attached hydrogens (tertiary/aromatic N) is 2. The number of aromatic nitrogens is 1. The highest BCUT2D eigenvalue weighted by Gasteiger charge is 2.51. The van der Waals surface area contributed by atoms with Gasteiger partial charge in [0.1, 0.15) is 11.8 Å². The minimum absolute atomic E-state index is 0.0180. The molecule has 3 N–H and O–H groups in total. The highest BCUT2D eigenvalue weighted by Crippen LogP contribution is 2.55. The molecule has 2 saturated carbocycles. The first-order valence-corrected chi connectivity index (χ1v) is 15.5. The third kappa shape index (κ3) is 6.04. The summed E-state index contributed by atoms with van der Waals surface area (Å²) >= 11 is 1.22. The van der Waals surface area contributed by atoms with Crippen LogP contribution in [0.15, 0.2) is 29.6 Å². The maximum atomic E-state index is 13.9. The predicted molar refractivity (Wildman–Crippen MR) is 154 cm³/mol. The van der Waals surface area contributed by atoms with Crippen molar-refractivity contribution in [1.82, 2.24) is 25.8 Å². The number of rotatable bonds is 10. The summed E-state index contributed by atoms with van der Waals surface area (Å²) in [6, 6.07) is 5.42. The molecule has 0 bridgehead atoms. The van der Waals surface area contributed by atoms with E-state index in [9.17, 15) is 24.0 Å². The molecule has 1 spiro atoms. The molecule has 222 valence electrons. The number of hydrogen-bond acceptors (Lipinski definition) is 8. The number of piperidine rings is 1. The lowest BCUT2D eigenvalue weighted by molar-refractivity contribution is -0.141. The maximum absolute atomic E-state index is 13.9. The van der Waals surface area contributed by atoms with Crippen molar-refractivity contribution in [1.29, 1.82) is 0 Å². The van der Waals surface area contributed by atoms with Gasteiger partial charge in [0.2, 0.25) is 17.6 Å². The van der Waals surface area contributed by atoms with Crippen LogP contribution in [0.4, 0.5) is 0 Å². The Bertz CT molecular complexity index is 1400. The van der Waals surface area contributed by atoms with Crippen LogP contribution in [0.5, 0.6) is 5.75 Å². The van der Waals surface area contributed by atoms with Gasteiger partial charge in [0.15, 0.2) is 5.01 Å². The summed E-state index contributed by atoms with van der Waals surface area (Å²) in [7, 11) is 1.60. The molecule has 4 amide bonds. The summed E-state index contributed by atoms with van der Waals surface area (Å²) in [5, 5.41) is 10.3. The number of nitrogens with one attached hydrogen (secondary N) is 3. The molecule has 0 unspecified atom stereocenters. The third-order valence-corrected chi connectivity index (χ3v) is 9.76. The largest absolute Gasteiger partial charge is 0.497 e. The molecule has 6 rings (SSSR count). The van der Waals surface area contributed by atoms with Crippen molar-refractivity contribution < 1.29 is 28.7 Å². The molecule has 3 heterocycles. The fraction of sp³-hybridized carbons (Fsp3) is 0.533. The zero-order chi connectivity index (χ0) is 29.4. The number of methoxy groups -OCH3 is 1. The van der Waals surface area contributed by atoms with Crippen LogP contribution in [0.25, 0.3) is 11.3 Å². The number of benzene rings is 1. The molecule has 1 aromatic heterocycles. The molecule has 4 fully saturated rings. The Morgan fingerprint density at radius 2 is 1.90 bits per heavy atom. The maximum Gasteiger partial charge on any atom is 0.289 e. The molecule has 3 atom stereocenters. The molecular formula is C30H35N5O6S. The van der Waals surface area contributed by atoms with E-state index in [0.29, 0.717) is 31.6 Å². The number of carbonyl (C=O) groups excluding carboxylic acids is 5. The molecule has 2 saturated heterocycles. The standard InChI is InChI=1S/C30H35N5O6S/c1-41-20-6-2-17(3-7-20)22-16-42-28(34-22)29(40)35-13-11-30(9-10-30)15-23(35)26(38)33-21(14-18-8-12-31-25(18)37)24(36)27(39)32-19-4-5-19/h2-3,6-7,16,18-19,21,23H,4-5,8-15H2,1H3,(H,31,37)(H,32,39)(H,33,38)/t18-,21-,23-/m0/s1. The molecule has 11 nitrogen and oxygen atoms in total. The van der Waals surface area contributed by atoms with E-state index in [-0.39, 0.29) is 34.7 Å². The summed E-state index contributed by atoms with van der Waals surface area (Å²) in [6.07, 6.45) is 5.48. The third-order valence-electron chi connectivity index (χ3n) is 8.93. The minimum atomic E-state index is -1.15. The minimum Gasteiger partial charge on any atom is -0.497 e. The van der Waals surface area contributed by atoms with Gasteiger partial charge in [-0.3, -0.25) is 24.0 Å². The van der Waals surface area contributed by atoms with Crippen molar-refractivity contribution in [3.63, 3.8) is 0 Å². The second-order valence-electron chi connectivity index (χ2n) is 11.9. The SMILES string of the molecule is COc1ccc(-c2csc(C(=O)N3CCC4(CC4)C[C@H]3C(=O)N[C@@H](C[C@@H]3CCNC3=O)C(=O)C(=O)NC3CC3)n2)cc1. The first kappa shape index (κ1) is 28.3. The number of amides is 4. The first-order valence-electron chi connectivity index (χ1n) is 14.6. The van der Waals surface area contributed by atoms with Crippen molar-refractivity contribution in [2.24, 2.45) is 11.3 Å². The van der Waals surface area contributed by atoms with E-state index >= 15 is 0 Å². The Hall–Kier alpha value is -3.80. The van der Waals surface area contributed by atoms with Gasteiger partial charge in [-0.1, -0.05) is 0 Å². The smallest absolute Gasteiger partial charge is 0.289 e. The lowest BCUT2D eigenvalue weighted by Crippen LogP contribution is -2.58. The van der Waals surface area contributed by atoms with Crippen molar-refractivity contribution in [2.75, 3.05) is 20.2 Å². The van der Waals surface area contributed by atoms with Crippen LogP contribution in [0.1, 0.15) is 61.2 Å². The van der Waals surface area contributed by atoms with E-state index in [2.05, 4.69) is 20.9 Å². The van der Waals surface area contributed by atoms with Crippen molar-refractivity contribution in [3.8, 4) is 17.0 Å². The van der Waals surface area contributed by atoms with Gasteiger partial charge in [0, 0.05) is 36.0 Å². The summed E-state index contributed by atoms with van der Waals surface area (Å²) < 4.78 is 5.22. The van der Waals surface area contributed by atoms with Gasteiger partial charge >= 0.3 is 0 Å². The van der Waals surface area contributed by atoms with E-state index < -0.39 is 35.6 Å². The molecule has 2 aliphatic heterocycles. The summed E-state index contributed by atoms with van der Waals surface area (Å²) in [4.78, 5) is 72.0. The summed E-state index contributed by atoms with van der Waals surface area (Å²) in [5.41, 5.74) is 1.52. The topological polar surface area (TPSA) is 147 Å². The number of likely N-dealkylation sites (tertiary alicyclic amines) is 1. The van der Waals surface area contributed by atoms with Gasteiger partial charge in [-0.15, -0.1) is 11.3 Å². The average Bonchev–Trinajstić information content (AvgIpc) is 3.87. The van der Waals surface area contributed by atoms with Crippen LogP contribution in [0.3, 0.4) is 0 Å². The lowest BCUT2D eigenvalue weighted by atomic mass is 9.87. The number of ether oxygens (including phenoxy) is 1. The lowest BCUT2D eigenvalue weighted by Gasteiger charge is -2.39. The highest BCUT2D eigenvalue weighted by atomic mass is 32.1. The van der Waals surface area contributed by atoms with Crippen LogP contribution in [0, 0.1) is 11.3 Å². The van der Waals surface area contributed by atoms with Crippen molar-refractivity contribution in [3.05, 3.63) is 34.7 Å². The van der Waals surface area contributed by atoms with Crippen LogP contribution >= 0.6 is 11.3 Å². The Balaban J connectivity index is 1.20. The Labute approximate surface area is 247 Å². The van der Waals surface area contributed by atoms with Gasteiger partial charge in [0.25, 0.3) is 11.8 Å². The molecule has 0 radical (unpaired) electrons. The van der Waals surface area contributed by atoms with Crippen molar-refractivity contribution in [2.45, 2.75) is 69.5 Å². The highest BCUT2D eigenvalue weighted by molar-refractivity contribution is 7.12. The quantitative estimate of drug-likeness (QED) is 0.358. The van der Waals surface area contributed by atoms with Gasteiger partial charge in [-0.25, -0.2) is 4.98 Å². The van der Waals surface area contributed by atoms with Crippen LogP contribution in [-0.4, -0.2) is 77.6 Å². The van der Waals surface area contributed by atoms with Gasteiger partial charge in [0.05, 0.1) is 18.8 Å². The molecular weight excluding hydrogens is 558 g/mol. The predicted octanol–water partition coefficient (Wildman–Crippen LogP) is 2.06. The zero-order valence-corrected chi connectivity index (χ0v) is 24.3. The monoisotopic (exact) mass is 593 g/mol. The Morgan fingerprint density at radius 3 is 2.55 bits per heavy atom. The second-order valence-corrected chi connectivity index (χ2v) is 12.8. The summed E-state index contributed by atoms with van der Waals surface area (Å²) in [5.74, 6) is -2.25. The Morgan fingerprint density at radius 1 is 1.14 bits per heavy atom. The van der Waals surface area contributed by atoms with Crippen LogP contribution in [-0.2, 0) is 19.2 Å². The van der Waals surface area contributed by atoms with E-state index in [1.165, 1.54) is 11.3 Å². The number of carbonyl (C=O) groups is 5. The molecule has 2 aliphatic carbocycles. The molecule has 2 aromatic rings. The van der Waals surface area contributed by atoms with Gasteiger partial charge in [-0.05, 0) is 81.0 Å². The molecule has 12 heteroatoms. The van der Waals surface area contributed by atoms with Crippen LogP contribution < -0.4 is 20.7 Å². The number of hydrogen-bond donors (Lipinski definition) is 3. The normalized spacial score (nSPS) is 23.2. The summed E-state index contributed by atoms with van der Waals surface area (Å²) in [6.45, 7) is 0.895.